The minimum atomic E-state index is -1.12. The van der Waals surface area contributed by atoms with Gasteiger partial charge in [-0.25, -0.2) is 4.79 Å². The number of carboxylic acids is 2. The van der Waals surface area contributed by atoms with Crippen LogP contribution in [0.4, 0.5) is 0 Å². The molecule has 0 atom stereocenters. The fraction of sp³-hybridized carbons (Fsp3) is 0.0526. The summed E-state index contributed by atoms with van der Waals surface area (Å²) >= 11 is 0. The van der Waals surface area contributed by atoms with E-state index in [2.05, 4.69) is 0 Å². The summed E-state index contributed by atoms with van der Waals surface area (Å²) in [4.78, 5) is 22.0. The second kappa shape index (κ2) is 6.52. The molecule has 25 heavy (non-hydrogen) atoms. The second-order valence-electron chi connectivity index (χ2n) is 5.43. The number of benzene rings is 2. The lowest BCUT2D eigenvalue weighted by atomic mass is 10.0. The molecule has 3 N–H and O–H groups in total. The van der Waals surface area contributed by atoms with Gasteiger partial charge in [-0.15, -0.1) is 0 Å². The first kappa shape index (κ1) is 16.3. The smallest absolute Gasteiger partial charge is 0.328 e. The monoisotopic (exact) mass is 338 g/mol. The van der Waals surface area contributed by atoms with Crippen molar-refractivity contribution < 1.29 is 29.3 Å². The maximum absolute atomic E-state index is 11.3. The highest BCUT2D eigenvalue weighted by atomic mass is 16.4. The molecule has 0 saturated heterocycles. The molecule has 126 valence electrons. The molecule has 0 aliphatic carbocycles. The van der Waals surface area contributed by atoms with Crippen LogP contribution in [0.5, 0.6) is 5.75 Å². The zero-order valence-electron chi connectivity index (χ0n) is 13.0. The first-order valence-electron chi connectivity index (χ1n) is 7.42. The number of aromatic hydroxyl groups is 1. The highest BCUT2D eigenvalue weighted by Gasteiger charge is 2.20. The van der Waals surface area contributed by atoms with Gasteiger partial charge in [0.2, 0.25) is 0 Å². The van der Waals surface area contributed by atoms with Crippen LogP contribution in [-0.2, 0) is 16.0 Å². The van der Waals surface area contributed by atoms with E-state index in [1.54, 1.807) is 30.3 Å². The molecule has 0 unspecified atom stereocenters. The molecular weight excluding hydrogens is 324 g/mol. The summed E-state index contributed by atoms with van der Waals surface area (Å²) in [5.74, 6) is -1.97. The Morgan fingerprint density at radius 3 is 2.44 bits per heavy atom. The molecule has 6 heteroatoms. The second-order valence-corrected chi connectivity index (χ2v) is 5.43. The van der Waals surface area contributed by atoms with Gasteiger partial charge in [-0.3, -0.25) is 4.79 Å². The SMILES string of the molecule is O=C(O)C=Cc1cc(O)c2oc(-c3ccccc3)c(CC(=O)O)c2c1. The van der Waals surface area contributed by atoms with Crippen molar-refractivity contribution in [2.24, 2.45) is 0 Å². The molecule has 0 amide bonds. The van der Waals surface area contributed by atoms with E-state index in [1.807, 2.05) is 6.07 Å². The van der Waals surface area contributed by atoms with E-state index in [0.717, 1.165) is 6.08 Å². The molecule has 1 aromatic heterocycles. The van der Waals surface area contributed by atoms with Crippen molar-refractivity contribution in [1.29, 1.82) is 0 Å². The third kappa shape index (κ3) is 3.37. The van der Waals surface area contributed by atoms with Crippen molar-refractivity contribution >= 4 is 29.0 Å². The molecule has 0 saturated carbocycles. The number of phenolic OH excluding ortho intramolecular Hbond substituents is 1. The number of carboxylic acid groups (broad SMARTS) is 2. The molecule has 0 aliphatic rings. The summed E-state index contributed by atoms with van der Waals surface area (Å²) in [6, 6.07) is 12.0. The minimum Gasteiger partial charge on any atom is -0.504 e. The number of rotatable bonds is 5. The fourth-order valence-corrected chi connectivity index (χ4v) is 2.67. The minimum absolute atomic E-state index is 0.169. The Morgan fingerprint density at radius 2 is 1.80 bits per heavy atom. The topological polar surface area (TPSA) is 108 Å². The van der Waals surface area contributed by atoms with Crippen molar-refractivity contribution in [3.05, 3.63) is 59.7 Å². The van der Waals surface area contributed by atoms with E-state index in [1.165, 1.54) is 12.1 Å². The van der Waals surface area contributed by atoms with Gasteiger partial charge in [0.1, 0.15) is 5.76 Å². The van der Waals surface area contributed by atoms with Gasteiger partial charge >= 0.3 is 11.9 Å². The van der Waals surface area contributed by atoms with Crippen molar-refractivity contribution in [3.8, 4) is 17.1 Å². The molecule has 3 rings (SSSR count). The highest BCUT2D eigenvalue weighted by Crippen LogP contribution is 2.39. The Balaban J connectivity index is 2.25. The average molecular weight is 338 g/mol. The molecule has 0 aliphatic heterocycles. The molecule has 0 radical (unpaired) electrons. The molecule has 0 fully saturated rings. The van der Waals surface area contributed by atoms with Crippen LogP contribution in [-0.4, -0.2) is 27.3 Å². The Bertz CT molecular complexity index is 982. The van der Waals surface area contributed by atoms with E-state index in [0.29, 0.717) is 27.8 Å². The van der Waals surface area contributed by atoms with E-state index in [-0.39, 0.29) is 17.8 Å². The number of fused-ring (bicyclic) bond motifs is 1. The zero-order valence-corrected chi connectivity index (χ0v) is 13.0. The summed E-state index contributed by atoms with van der Waals surface area (Å²) in [7, 11) is 0. The fourth-order valence-electron chi connectivity index (χ4n) is 2.67. The molecule has 1 heterocycles. The van der Waals surface area contributed by atoms with Crippen molar-refractivity contribution in [2.75, 3.05) is 0 Å². The quantitative estimate of drug-likeness (QED) is 0.614. The lowest BCUT2D eigenvalue weighted by Gasteiger charge is -2.01. The van der Waals surface area contributed by atoms with Crippen LogP contribution in [0.1, 0.15) is 11.1 Å². The molecular formula is C19H14O6. The van der Waals surface area contributed by atoms with Crippen molar-refractivity contribution in [2.45, 2.75) is 6.42 Å². The van der Waals surface area contributed by atoms with Gasteiger partial charge in [0, 0.05) is 22.6 Å². The van der Waals surface area contributed by atoms with Crippen LogP contribution in [0.15, 0.2) is 53.0 Å². The third-order valence-electron chi connectivity index (χ3n) is 3.68. The van der Waals surface area contributed by atoms with Gasteiger partial charge in [-0.1, -0.05) is 30.3 Å². The third-order valence-corrected chi connectivity index (χ3v) is 3.68. The first-order valence-corrected chi connectivity index (χ1v) is 7.42. The van der Waals surface area contributed by atoms with Crippen LogP contribution >= 0.6 is 0 Å². The van der Waals surface area contributed by atoms with E-state index in [9.17, 15) is 19.8 Å². The Morgan fingerprint density at radius 1 is 1.08 bits per heavy atom. The number of hydrogen-bond acceptors (Lipinski definition) is 4. The molecule has 2 aromatic carbocycles. The Hall–Kier alpha value is -3.54. The summed E-state index contributed by atoms with van der Waals surface area (Å²) in [5.41, 5.74) is 1.72. The number of carbonyl (C=O) groups is 2. The van der Waals surface area contributed by atoms with Gasteiger partial charge in [-0.05, 0) is 23.8 Å². The van der Waals surface area contributed by atoms with Crippen LogP contribution in [0.2, 0.25) is 0 Å². The summed E-state index contributed by atoms with van der Waals surface area (Å²) < 4.78 is 5.74. The molecule has 6 nitrogen and oxygen atoms in total. The lowest BCUT2D eigenvalue weighted by Crippen LogP contribution is -2.00. The Kier molecular flexibility index (Phi) is 4.26. The van der Waals surface area contributed by atoms with E-state index < -0.39 is 11.9 Å². The number of aliphatic carboxylic acids is 2. The first-order chi connectivity index (χ1) is 12.0. The Labute approximate surface area is 142 Å². The zero-order chi connectivity index (χ0) is 18.0. The lowest BCUT2D eigenvalue weighted by molar-refractivity contribution is -0.136. The summed E-state index contributed by atoms with van der Waals surface area (Å²) in [6.45, 7) is 0. The van der Waals surface area contributed by atoms with Gasteiger partial charge in [0.15, 0.2) is 11.3 Å². The predicted octanol–water partition coefficient (Wildman–Crippen LogP) is 3.53. The maximum Gasteiger partial charge on any atom is 0.328 e. The van der Waals surface area contributed by atoms with Crippen molar-refractivity contribution in [1.82, 2.24) is 0 Å². The molecule has 3 aromatic rings. The predicted molar refractivity (Wildman–Crippen MR) is 91.3 cm³/mol. The van der Waals surface area contributed by atoms with Crippen molar-refractivity contribution in [3.63, 3.8) is 0 Å². The van der Waals surface area contributed by atoms with Crippen LogP contribution in [0.25, 0.3) is 28.4 Å². The van der Waals surface area contributed by atoms with Crippen LogP contribution in [0.3, 0.4) is 0 Å². The number of furan rings is 1. The summed E-state index contributed by atoms with van der Waals surface area (Å²) in [6.07, 6.45) is 1.97. The highest BCUT2D eigenvalue weighted by molar-refractivity contribution is 5.96. The van der Waals surface area contributed by atoms with Gasteiger partial charge in [0.05, 0.1) is 6.42 Å². The normalized spacial score (nSPS) is 11.2. The van der Waals surface area contributed by atoms with Crippen LogP contribution in [0, 0.1) is 0 Å². The maximum atomic E-state index is 11.3. The van der Waals surface area contributed by atoms with E-state index in [4.69, 9.17) is 9.52 Å². The van der Waals surface area contributed by atoms with Gasteiger partial charge in [0.25, 0.3) is 0 Å². The largest absolute Gasteiger partial charge is 0.504 e. The van der Waals surface area contributed by atoms with Gasteiger partial charge < -0.3 is 19.7 Å². The van der Waals surface area contributed by atoms with Gasteiger partial charge in [-0.2, -0.15) is 0 Å². The molecule has 0 spiro atoms. The molecule has 0 bridgehead atoms. The number of hydrogen-bond donors (Lipinski definition) is 3. The van der Waals surface area contributed by atoms with Crippen LogP contribution < -0.4 is 0 Å². The standard InChI is InChI=1S/C19H14O6/c20-15-9-11(6-7-16(21)22)8-13-14(10-17(23)24)18(25-19(13)15)12-4-2-1-3-5-12/h1-9,20H,10H2,(H,21,22)(H,23,24). The summed E-state index contributed by atoms with van der Waals surface area (Å²) in [5, 5.41) is 28.6. The average Bonchev–Trinajstić information content (AvgIpc) is 2.92. The number of phenols is 1. The van der Waals surface area contributed by atoms with E-state index >= 15 is 0 Å².